The van der Waals surface area contributed by atoms with E-state index >= 15 is 0 Å². The number of fused-ring (bicyclic) bond motifs is 1. The van der Waals surface area contributed by atoms with Gasteiger partial charge in [0.05, 0.1) is 6.17 Å². The van der Waals surface area contributed by atoms with Crippen LogP contribution in [0.1, 0.15) is 30.0 Å². The zero-order valence-corrected chi connectivity index (χ0v) is 15.9. The average molecular weight is 399 g/mol. The number of aromatic nitrogens is 3. The Morgan fingerprint density at radius 2 is 2.00 bits per heavy atom. The van der Waals surface area contributed by atoms with Gasteiger partial charge in [0.25, 0.3) is 0 Å². The van der Waals surface area contributed by atoms with Gasteiger partial charge in [0.1, 0.15) is 16.5 Å². The van der Waals surface area contributed by atoms with Crippen LogP contribution in [0.3, 0.4) is 0 Å². The monoisotopic (exact) mass is 398 g/mol. The van der Waals surface area contributed by atoms with E-state index in [-0.39, 0.29) is 17.6 Å². The zero-order valence-electron chi connectivity index (χ0n) is 14.4. The fraction of sp³-hybridized carbons (Fsp3) is 0.333. The number of rotatable bonds is 6. The molecule has 0 spiro atoms. The Morgan fingerprint density at radius 1 is 1.27 bits per heavy atom. The summed E-state index contributed by atoms with van der Waals surface area (Å²) in [6.45, 7) is 3.62. The first-order chi connectivity index (χ1) is 12.4. The van der Waals surface area contributed by atoms with Crippen molar-refractivity contribution in [3.8, 4) is 0 Å². The molecule has 1 aromatic carbocycles. The summed E-state index contributed by atoms with van der Waals surface area (Å²) in [7, 11) is 0. The van der Waals surface area contributed by atoms with Crippen molar-refractivity contribution in [2.45, 2.75) is 39.4 Å². The van der Waals surface area contributed by atoms with Gasteiger partial charge in [0.15, 0.2) is 5.82 Å². The van der Waals surface area contributed by atoms with Crippen LogP contribution in [0.4, 0.5) is 14.6 Å². The van der Waals surface area contributed by atoms with Crippen molar-refractivity contribution in [2.75, 3.05) is 5.32 Å². The molecule has 0 bridgehead atoms. The molecule has 8 heteroatoms. The summed E-state index contributed by atoms with van der Waals surface area (Å²) in [5.74, 6) is 0.145. The molecule has 1 N–H and O–H groups in total. The van der Waals surface area contributed by atoms with E-state index in [9.17, 15) is 8.78 Å². The minimum atomic E-state index is -0.929. The zero-order chi connectivity index (χ0) is 18.8. The van der Waals surface area contributed by atoms with Crippen LogP contribution in [-0.4, -0.2) is 20.8 Å². The number of alkyl halides is 1. The number of benzene rings is 1. The van der Waals surface area contributed by atoms with Gasteiger partial charge in [-0.1, -0.05) is 29.8 Å². The van der Waals surface area contributed by atoms with Crippen molar-refractivity contribution in [2.24, 2.45) is 0 Å². The first-order valence-electron chi connectivity index (χ1n) is 8.23. The van der Waals surface area contributed by atoms with E-state index in [1.54, 1.807) is 18.2 Å². The fourth-order valence-corrected chi connectivity index (χ4v) is 3.40. The molecule has 3 aromatic rings. The number of nitrogens with zero attached hydrogens (tertiary/aromatic N) is 3. The van der Waals surface area contributed by atoms with Crippen molar-refractivity contribution in [1.29, 1.82) is 0 Å². The smallest absolute Gasteiger partial charge is 0.243 e. The van der Waals surface area contributed by atoms with Gasteiger partial charge in [0, 0.05) is 12.1 Å². The van der Waals surface area contributed by atoms with Crippen LogP contribution in [0.2, 0.25) is 10.4 Å². The third-order valence-electron chi connectivity index (χ3n) is 4.26. The normalized spacial score (nSPS) is 12.5. The minimum Gasteiger partial charge on any atom is -0.364 e. The van der Waals surface area contributed by atoms with Crippen molar-refractivity contribution in [3.05, 3.63) is 57.2 Å². The third kappa shape index (κ3) is 3.76. The van der Waals surface area contributed by atoms with E-state index in [1.807, 2.05) is 6.92 Å². The molecular formula is C18H18Cl2F2N4. The lowest BCUT2D eigenvalue weighted by molar-refractivity contribution is 0.341. The molecule has 0 saturated heterocycles. The first kappa shape index (κ1) is 18.9. The summed E-state index contributed by atoms with van der Waals surface area (Å²) in [6, 6.07) is 6.48. The lowest BCUT2D eigenvalue weighted by Gasteiger charge is -2.09. The van der Waals surface area contributed by atoms with Gasteiger partial charge in [0.2, 0.25) is 5.28 Å². The van der Waals surface area contributed by atoms with Gasteiger partial charge in [-0.05, 0) is 55.5 Å². The molecule has 0 saturated carbocycles. The van der Waals surface area contributed by atoms with Gasteiger partial charge in [-0.15, -0.1) is 5.10 Å². The third-order valence-corrected chi connectivity index (χ3v) is 4.81. The summed E-state index contributed by atoms with van der Waals surface area (Å²) in [5.41, 5.74) is 2.81. The molecule has 2 aromatic heterocycles. The Kier molecular flexibility index (Phi) is 5.63. The second-order valence-corrected chi connectivity index (χ2v) is 6.84. The Balaban J connectivity index is 1.99. The molecule has 0 fully saturated rings. The van der Waals surface area contributed by atoms with E-state index in [1.165, 1.54) is 17.5 Å². The van der Waals surface area contributed by atoms with Gasteiger partial charge >= 0.3 is 0 Å². The van der Waals surface area contributed by atoms with Gasteiger partial charge in [-0.2, -0.15) is 4.98 Å². The van der Waals surface area contributed by atoms with Crippen LogP contribution in [0, 0.1) is 12.7 Å². The van der Waals surface area contributed by atoms with Crippen molar-refractivity contribution >= 4 is 34.5 Å². The number of nitrogens with one attached hydrogen (secondary N) is 1. The van der Waals surface area contributed by atoms with Crippen LogP contribution in [0.15, 0.2) is 24.3 Å². The number of anilines is 1. The SMILES string of the molecule is Cc1c(CCC(C)F)c(Cl)n2nc(Cl)nc(NCc3ccccc3F)c12. The Bertz CT molecular complexity index is 941. The largest absolute Gasteiger partial charge is 0.364 e. The van der Waals surface area contributed by atoms with E-state index < -0.39 is 6.17 Å². The standard InChI is InChI=1S/C18H18Cl2F2N4/c1-10(21)7-8-13-11(2)15-17(24-18(20)25-26(15)16(13)19)23-9-12-5-3-4-6-14(12)22/h3-6,10H,7-9H2,1-2H3,(H,23,24,25). The van der Waals surface area contributed by atoms with Crippen LogP contribution in [0.25, 0.3) is 5.52 Å². The van der Waals surface area contributed by atoms with Crippen LogP contribution < -0.4 is 5.32 Å². The molecule has 0 aliphatic heterocycles. The fourth-order valence-electron chi connectivity index (χ4n) is 2.88. The molecule has 26 heavy (non-hydrogen) atoms. The second kappa shape index (κ2) is 7.76. The molecular weight excluding hydrogens is 381 g/mol. The second-order valence-electron chi connectivity index (χ2n) is 6.15. The summed E-state index contributed by atoms with van der Waals surface area (Å²) < 4.78 is 28.6. The predicted octanol–water partition coefficient (Wildman–Crippen LogP) is 5.39. The van der Waals surface area contributed by atoms with E-state index in [0.717, 1.165) is 11.1 Å². The maximum atomic E-state index is 13.8. The average Bonchev–Trinajstić information content (AvgIpc) is 2.82. The molecule has 2 heterocycles. The molecule has 0 aliphatic carbocycles. The summed E-state index contributed by atoms with van der Waals surface area (Å²) >= 11 is 12.5. The predicted molar refractivity (Wildman–Crippen MR) is 100 cm³/mol. The minimum absolute atomic E-state index is 0.0100. The Hall–Kier alpha value is -1.92. The van der Waals surface area contributed by atoms with Crippen LogP contribution in [-0.2, 0) is 13.0 Å². The molecule has 0 aliphatic rings. The highest BCUT2D eigenvalue weighted by molar-refractivity contribution is 6.31. The van der Waals surface area contributed by atoms with Crippen molar-refractivity contribution in [3.63, 3.8) is 0 Å². The molecule has 4 nitrogen and oxygen atoms in total. The molecule has 138 valence electrons. The maximum absolute atomic E-state index is 13.8. The van der Waals surface area contributed by atoms with Gasteiger partial charge < -0.3 is 5.32 Å². The maximum Gasteiger partial charge on any atom is 0.243 e. The van der Waals surface area contributed by atoms with Gasteiger partial charge in [-0.25, -0.2) is 13.3 Å². The Morgan fingerprint density at radius 3 is 2.69 bits per heavy atom. The number of halogens is 4. The highest BCUT2D eigenvalue weighted by Gasteiger charge is 2.20. The molecule has 0 radical (unpaired) electrons. The highest BCUT2D eigenvalue weighted by Crippen LogP contribution is 2.32. The lowest BCUT2D eigenvalue weighted by Crippen LogP contribution is -2.07. The van der Waals surface area contributed by atoms with E-state index in [0.29, 0.717) is 34.9 Å². The number of aryl methyl sites for hydroxylation is 1. The lowest BCUT2D eigenvalue weighted by atomic mass is 10.1. The van der Waals surface area contributed by atoms with Crippen LogP contribution in [0.5, 0.6) is 0 Å². The van der Waals surface area contributed by atoms with Gasteiger partial charge in [-0.3, -0.25) is 0 Å². The summed E-state index contributed by atoms with van der Waals surface area (Å²) in [5, 5.41) is 7.65. The van der Waals surface area contributed by atoms with Crippen molar-refractivity contribution < 1.29 is 8.78 Å². The van der Waals surface area contributed by atoms with Crippen LogP contribution >= 0.6 is 23.2 Å². The summed E-state index contributed by atoms with van der Waals surface area (Å²) in [6.07, 6.45) is -0.0889. The number of hydrogen-bond acceptors (Lipinski definition) is 3. The van der Waals surface area contributed by atoms with Crippen molar-refractivity contribution in [1.82, 2.24) is 14.6 Å². The highest BCUT2D eigenvalue weighted by atomic mass is 35.5. The topological polar surface area (TPSA) is 42.2 Å². The first-order valence-corrected chi connectivity index (χ1v) is 8.98. The summed E-state index contributed by atoms with van der Waals surface area (Å²) in [4.78, 5) is 4.22. The van der Waals surface area contributed by atoms with E-state index in [4.69, 9.17) is 23.2 Å². The quantitative estimate of drug-likeness (QED) is 0.605. The molecule has 1 unspecified atom stereocenters. The Labute approximate surface area is 160 Å². The molecule has 3 rings (SSSR count). The molecule has 0 amide bonds. The van der Waals surface area contributed by atoms with E-state index in [2.05, 4.69) is 15.4 Å². The molecule has 1 atom stereocenters. The number of hydrogen-bond donors (Lipinski definition) is 1.